The van der Waals surface area contributed by atoms with Gasteiger partial charge in [-0.3, -0.25) is 4.79 Å². The standard InChI is InChI=1S/C38H74O3/c1-4-7-10-13-15-18-22-26-31-36(30-25-21-14-11-8-5-2)35-41-38(40)34-29-24-20-17-16-19-23-28-33-37(39)32-27-12-9-6-3/h23,28,36-37,39H,4-22,24-27,29-35H2,1-3H3/t36?,37-/m1/s1. The van der Waals surface area contributed by atoms with Crippen LogP contribution < -0.4 is 0 Å². The van der Waals surface area contributed by atoms with Gasteiger partial charge in [-0.2, -0.15) is 0 Å². The Bertz CT molecular complexity index is 544. The summed E-state index contributed by atoms with van der Waals surface area (Å²) in [6.07, 6.45) is 39.6. The van der Waals surface area contributed by atoms with E-state index >= 15 is 0 Å². The predicted octanol–water partition coefficient (Wildman–Crippen LogP) is 12.4. The third kappa shape index (κ3) is 31.9. The van der Waals surface area contributed by atoms with Crippen LogP contribution in [0.2, 0.25) is 0 Å². The van der Waals surface area contributed by atoms with Crippen LogP contribution in [0.25, 0.3) is 0 Å². The summed E-state index contributed by atoms with van der Waals surface area (Å²) < 4.78 is 5.78. The molecule has 0 aliphatic rings. The molecule has 0 amide bonds. The SMILES string of the molecule is CCCCCCCCCCC(CCCCCCCC)COC(=O)CCCCCCCC=CC[C@H](O)CCCCCC. The fourth-order valence-electron chi connectivity index (χ4n) is 5.73. The second-order valence-corrected chi connectivity index (χ2v) is 12.9. The van der Waals surface area contributed by atoms with Crippen LogP contribution in [-0.4, -0.2) is 23.8 Å². The molecule has 0 bridgehead atoms. The van der Waals surface area contributed by atoms with Gasteiger partial charge in [-0.05, 0) is 50.9 Å². The first-order valence-electron chi connectivity index (χ1n) is 18.6. The average Bonchev–Trinajstić information content (AvgIpc) is 2.97. The zero-order chi connectivity index (χ0) is 30.1. The average molecular weight is 579 g/mol. The quantitative estimate of drug-likeness (QED) is 0.0478. The molecule has 244 valence electrons. The van der Waals surface area contributed by atoms with Crippen molar-refractivity contribution in [2.45, 2.75) is 213 Å². The summed E-state index contributed by atoms with van der Waals surface area (Å²) in [5.74, 6) is 0.575. The van der Waals surface area contributed by atoms with Gasteiger partial charge in [0.05, 0.1) is 12.7 Å². The first-order valence-corrected chi connectivity index (χ1v) is 18.6. The molecule has 0 aromatic rings. The van der Waals surface area contributed by atoms with Gasteiger partial charge in [0.1, 0.15) is 0 Å². The summed E-state index contributed by atoms with van der Waals surface area (Å²) in [5.41, 5.74) is 0. The van der Waals surface area contributed by atoms with E-state index in [1.54, 1.807) is 0 Å². The summed E-state index contributed by atoms with van der Waals surface area (Å²) in [6, 6.07) is 0. The van der Waals surface area contributed by atoms with E-state index in [-0.39, 0.29) is 12.1 Å². The smallest absolute Gasteiger partial charge is 0.305 e. The third-order valence-corrected chi connectivity index (χ3v) is 8.63. The number of rotatable bonds is 33. The van der Waals surface area contributed by atoms with Crippen LogP contribution in [0, 0.1) is 5.92 Å². The van der Waals surface area contributed by atoms with Gasteiger partial charge in [-0.25, -0.2) is 0 Å². The van der Waals surface area contributed by atoms with Gasteiger partial charge in [0, 0.05) is 6.42 Å². The summed E-state index contributed by atoms with van der Waals surface area (Å²) in [4.78, 5) is 12.4. The molecule has 3 nitrogen and oxygen atoms in total. The summed E-state index contributed by atoms with van der Waals surface area (Å²) in [5, 5.41) is 10.0. The fourth-order valence-corrected chi connectivity index (χ4v) is 5.73. The molecule has 0 radical (unpaired) electrons. The Kier molecular flexibility index (Phi) is 33.0. The molecule has 0 saturated carbocycles. The first kappa shape index (κ1) is 40.2. The fraction of sp³-hybridized carbons (Fsp3) is 0.921. The number of ether oxygens (including phenoxy) is 1. The molecule has 1 N–H and O–H groups in total. The Morgan fingerprint density at radius 3 is 1.56 bits per heavy atom. The van der Waals surface area contributed by atoms with Crippen molar-refractivity contribution in [1.82, 2.24) is 0 Å². The number of hydrogen-bond donors (Lipinski definition) is 1. The van der Waals surface area contributed by atoms with Gasteiger partial charge in [-0.15, -0.1) is 0 Å². The molecule has 0 aromatic carbocycles. The summed E-state index contributed by atoms with van der Waals surface area (Å²) in [6.45, 7) is 7.42. The van der Waals surface area contributed by atoms with Gasteiger partial charge < -0.3 is 9.84 Å². The van der Waals surface area contributed by atoms with Gasteiger partial charge in [0.25, 0.3) is 0 Å². The summed E-state index contributed by atoms with van der Waals surface area (Å²) in [7, 11) is 0. The minimum atomic E-state index is -0.168. The maximum atomic E-state index is 12.4. The van der Waals surface area contributed by atoms with Gasteiger partial charge in [-0.1, -0.05) is 168 Å². The molecule has 0 rings (SSSR count). The monoisotopic (exact) mass is 579 g/mol. The summed E-state index contributed by atoms with van der Waals surface area (Å²) >= 11 is 0. The van der Waals surface area contributed by atoms with Crippen LogP contribution in [0.15, 0.2) is 12.2 Å². The molecular formula is C38H74O3. The van der Waals surface area contributed by atoms with E-state index in [0.717, 1.165) is 38.5 Å². The molecule has 0 fully saturated rings. The van der Waals surface area contributed by atoms with Crippen molar-refractivity contribution < 1.29 is 14.6 Å². The Morgan fingerprint density at radius 2 is 1.00 bits per heavy atom. The molecule has 0 saturated heterocycles. The van der Waals surface area contributed by atoms with Crippen LogP contribution in [0.5, 0.6) is 0 Å². The Morgan fingerprint density at radius 1 is 0.561 bits per heavy atom. The molecule has 0 aromatic heterocycles. The predicted molar refractivity (Wildman–Crippen MR) is 181 cm³/mol. The van der Waals surface area contributed by atoms with E-state index in [1.807, 2.05) is 0 Å². The van der Waals surface area contributed by atoms with E-state index in [2.05, 4.69) is 32.9 Å². The van der Waals surface area contributed by atoms with E-state index in [1.165, 1.54) is 141 Å². The molecule has 0 aliphatic carbocycles. The second-order valence-electron chi connectivity index (χ2n) is 12.9. The van der Waals surface area contributed by atoms with Crippen molar-refractivity contribution in [3.05, 3.63) is 12.2 Å². The van der Waals surface area contributed by atoms with Gasteiger partial charge in [0.2, 0.25) is 0 Å². The lowest BCUT2D eigenvalue weighted by molar-refractivity contribution is -0.145. The molecule has 41 heavy (non-hydrogen) atoms. The van der Waals surface area contributed by atoms with Crippen molar-refractivity contribution in [2.75, 3.05) is 6.61 Å². The first-order chi connectivity index (χ1) is 20.1. The number of esters is 1. The number of allylic oxidation sites excluding steroid dienone is 1. The van der Waals surface area contributed by atoms with E-state index in [4.69, 9.17) is 4.74 Å². The maximum Gasteiger partial charge on any atom is 0.305 e. The molecular weight excluding hydrogens is 504 g/mol. The highest BCUT2D eigenvalue weighted by Crippen LogP contribution is 2.20. The van der Waals surface area contributed by atoms with E-state index in [0.29, 0.717) is 18.9 Å². The zero-order valence-electron chi connectivity index (χ0n) is 28.3. The Labute approximate surface area is 258 Å². The topological polar surface area (TPSA) is 46.5 Å². The minimum Gasteiger partial charge on any atom is -0.465 e. The largest absolute Gasteiger partial charge is 0.465 e. The number of carbonyl (C=O) groups is 1. The van der Waals surface area contributed by atoms with Crippen LogP contribution in [0.3, 0.4) is 0 Å². The number of aliphatic hydroxyl groups excluding tert-OH is 1. The molecule has 0 spiro atoms. The second kappa shape index (κ2) is 33.7. The number of aliphatic hydroxyl groups is 1. The van der Waals surface area contributed by atoms with Crippen LogP contribution in [0.1, 0.15) is 207 Å². The van der Waals surface area contributed by atoms with Crippen LogP contribution >= 0.6 is 0 Å². The lowest BCUT2D eigenvalue weighted by Gasteiger charge is -2.17. The van der Waals surface area contributed by atoms with Crippen LogP contribution in [0.4, 0.5) is 0 Å². The lowest BCUT2D eigenvalue weighted by Crippen LogP contribution is -2.14. The highest BCUT2D eigenvalue weighted by molar-refractivity contribution is 5.69. The third-order valence-electron chi connectivity index (χ3n) is 8.63. The molecule has 0 aliphatic heterocycles. The van der Waals surface area contributed by atoms with Crippen molar-refractivity contribution in [3.63, 3.8) is 0 Å². The van der Waals surface area contributed by atoms with E-state index in [9.17, 15) is 9.90 Å². The Hall–Kier alpha value is -0.830. The van der Waals surface area contributed by atoms with E-state index < -0.39 is 0 Å². The number of hydrogen-bond acceptors (Lipinski definition) is 3. The van der Waals surface area contributed by atoms with Crippen molar-refractivity contribution in [1.29, 1.82) is 0 Å². The molecule has 1 unspecified atom stereocenters. The van der Waals surface area contributed by atoms with Gasteiger partial charge >= 0.3 is 5.97 Å². The molecule has 2 atom stereocenters. The van der Waals surface area contributed by atoms with Crippen molar-refractivity contribution >= 4 is 5.97 Å². The number of unbranched alkanes of at least 4 members (excludes halogenated alkanes) is 20. The number of carbonyl (C=O) groups excluding carboxylic acids is 1. The van der Waals surface area contributed by atoms with Gasteiger partial charge in [0.15, 0.2) is 0 Å². The van der Waals surface area contributed by atoms with Crippen LogP contribution in [-0.2, 0) is 9.53 Å². The zero-order valence-corrected chi connectivity index (χ0v) is 28.3. The highest BCUT2D eigenvalue weighted by Gasteiger charge is 2.12. The lowest BCUT2D eigenvalue weighted by atomic mass is 9.94. The van der Waals surface area contributed by atoms with Crippen molar-refractivity contribution in [2.24, 2.45) is 5.92 Å². The normalized spacial score (nSPS) is 13.2. The maximum absolute atomic E-state index is 12.4. The highest BCUT2D eigenvalue weighted by atomic mass is 16.5. The van der Waals surface area contributed by atoms with Crippen molar-refractivity contribution in [3.8, 4) is 0 Å². The minimum absolute atomic E-state index is 0.0186. The molecule has 0 heterocycles. The molecule has 3 heteroatoms. The Balaban J connectivity index is 3.92.